The van der Waals surface area contributed by atoms with Crippen molar-refractivity contribution in [3.8, 4) is 0 Å². The minimum Gasteiger partial charge on any atom is -0.351 e. The van der Waals surface area contributed by atoms with E-state index in [9.17, 15) is 14.9 Å². The Bertz CT molecular complexity index is 314. The summed E-state index contributed by atoms with van der Waals surface area (Å²) in [5, 5.41) is 12.4. The second-order valence-corrected chi connectivity index (χ2v) is 5.49. The Balaban J connectivity index is 2.51. The molecule has 0 aromatic heterocycles. The fourth-order valence-electron chi connectivity index (χ4n) is 2.17. The first-order chi connectivity index (χ1) is 8.28. The highest BCUT2D eigenvalue weighted by atomic mass is 17.0. The first kappa shape index (κ1) is 14.7. The van der Waals surface area contributed by atoms with Gasteiger partial charge in [-0.25, -0.2) is 0 Å². The summed E-state index contributed by atoms with van der Waals surface area (Å²) in [4.78, 5) is 26.7. The minimum absolute atomic E-state index is 0.189. The Hall–Kier alpha value is -1.37. The average Bonchev–Trinajstić information content (AvgIpc) is 2.17. The molecule has 1 aliphatic carbocycles. The van der Waals surface area contributed by atoms with Crippen molar-refractivity contribution < 1.29 is 14.7 Å². The summed E-state index contributed by atoms with van der Waals surface area (Å²) < 4.78 is 0. The summed E-state index contributed by atoms with van der Waals surface area (Å²) in [6, 6.07) is -0.293. The monoisotopic (exact) mass is 259 g/mol. The predicted octanol–water partition coefficient (Wildman–Crippen LogP) is 0.749. The first-order valence-electron chi connectivity index (χ1n) is 6.17. The van der Waals surface area contributed by atoms with Crippen molar-refractivity contribution in [3.63, 3.8) is 0 Å². The van der Waals surface area contributed by atoms with Gasteiger partial charge >= 0.3 is 0 Å². The van der Waals surface area contributed by atoms with Gasteiger partial charge in [0, 0.05) is 12.0 Å². The molecule has 0 radical (unpaired) electrons. The Morgan fingerprint density at radius 2 is 2.11 bits per heavy atom. The van der Waals surface area contributed by atoms with E-state index in [1.165, 1.54) is 0 Å². The molecule has 104 valence electrons. The lowest BCUT2D eigenvalue weighted by atomic mass is 9.92. The molecule has 2 atom stereocenters. The molecule has 0 unspecified atom stereocenters. The van der Waals surface area contributed by atoms with E-state index in [4.69, 9.17) is 5.73 Å². The van der Waals surface area contributed by atoms with E-state index < -0.39 is 16.7 Å². The quantitative estimate of drug-likeness (QED) is 0.559. The van der Waals surface area contributed by atoms with Gasteiger partial charge in [-0.3, -0.25) is 4.79 Å². The predicted molar refractivity (Wildman–Crippen MR) is 65.1 cm³/mol. The zero-order chi connectivity index (χ0) is 13.8. The topological polar surface area (TPSA) is 107 Å². The Labute approximate surface area is 106 Å². The van der Waals surface area contributed by atoms with Gasteiger partial charge in [-0.05, 0) is 26.7 Å². The third kappa shape index (κ3) is 5.31. The van der Waals surface area contributed by atoms with Crippen molar-refractivity contribution in [1.82, 2.24) is 5.32 Å². The molecule has 0 bridgehead atoms. The highest BCUT2D eigenvalue weighted by molar-refractivity contribution is 5.77. The van der Waals surface area contributed by atoms with Crippen LogP contribution in [0.2, 0.25) is 0 Å². The minimum atomic E-state index is -0.790. The highest BCUT2D eigenvalue weighted by Gasteiger charge is 2.30. The van der Waals surface area contributed by atoms with Gasteiger partial charge in [0.2, 0.25) is 5.91 Å². The van der Waals surface area contributed by atoms with Crippen LogP contribution < -0.4 is 11.1 Å². The molecule has 0 aromatic carbocycles. The van der Waals surface area contributed by atoms with E-state index in [0.29, 0.717) is 12.8 Å². The molecule has 0 aromatic rings. The average molecular weight is 259 g/mol. The van der Waals surface area contributed by atoms with Crippen LogP contribution in [0, 0.1) is 10.1 Å². The number of rotatable bonds is 5. The molecule has 7 heteroatoms. The Kier molecular flexibility index (Phi) is 4.89. The standard InChI is InChI=1S/C11H21N3O4/c1-11(2,12)7-10(15)13-8-5-3-4-6-9(8)18-14(16)17/h8-9H,3-7,12H2,1-2H3,(H,13,15)/t8-,9-/m1/s1. The lowest BCUT2D eigenvalue weighted by molar-refractivity contribution is -0.770. The third-order valence-corrected chi connectivity index (χ3v) is 2.89. The normalized spacial score (nSPS) is 24.4. The van der Waals surface area contributed by atoms with Crippen LogP contribution in [0.1, 0.15) is 46.0 Å². The van der Waals surface area contributed by atoms with E-state index in [1.54, 1.807) is 13.8 Å². The maximum Gasteiger partial charge on any atom is 0.294 e. The molecule has 0 aliphatic heterocycles. The van der Waals surface area contributed by atoms with Crippen molar-refractivity contribution in [3.05, 3.63) is 10.1 Å². The molecule has 1 saturated carbocycles. The van der Waals surface area contributed by atoms with E-state index in [0.717, 1.165) is 12.8 Å². The highest BCUT2D eigenvalue weighted by Crippen LogP contribution is 2.21. The number of nitrogens with one attached hydrogen (secondary N) is 1. The van der Waals surface area contributed by atoms with Crippen LogP contribution in [0.25, 0.3) is 0 Å². The third-order valence-electron chi connectivity index (χ3n) is 2.89. The van der Waals surface area contributed by atoms with Gasteiger partial charge in [-0.15, -0.1) is 10.1 Å². The van der Waals surface area contributed by atoms with Crippen LogP contribution in [0.4, 0.5) is 0 Å². The summed E-state index contributed by atoms with van der Waals surface area (Å²) in [6.07, 6.45) is 2.77. The van der Waals surface area contributed by atoms with Crippen LogP contribution in [-0.2, 0) is 9.63 Å². The first-order valence-corrected chi connectivity index (χ1v) is 6.17. The molecule has 0 heterocycles. The molecule has 1 aliphatic rings. The number of nitrogens with two attached hydrogens (primary N) is 1. The lowest BCUT2D eigenvalue weighted by Crippen LogP contribution is -2.49. The van der Waals surface area contributed by atoms with E-state index >= 15 is 0 Å². The maximum absolute atomic E-state index is 11.7. The van der Waals surface area contributed by atoms with Crippen LogP contribution in [0.15, 0.2) is 0 Å². The van der Waals surface area contributed by atoms with Gasteiger partial charge in [-0.1, -0.05) is 12.8 Å². The van der Waals surface area contributed by atoms with Crippen molar-refractivity contribution in [2.24, 2.45) is 5.73 Å². The van der Waals surface area contributed by atoms with Gasteiger partial charge in [-0.2, -0.15) is 0 Å². The second kappa shape index (κ2) is 5.99. The molecule has 3 N–H and O–H groups in total. The molecule has 1 rings (SSSR count). The fraction of sp³-hybridized carbons (Fsp3) is 0.909. The lowest BCUT2D eigenvalue weighted by Gasteiger charge is -2.31. The van der Waals surface area contributed by atoms with Gasteiger partial charge < -0.3 is 15.9 Å². The largest absolute Gasteiger partial charge is 0.351 e. The van der Waals surface area contributed by atoms with Crippen LogP contribution >= 0.6 is 0 Å². The fourth-order valence-corrected chi connectivity index (χ4v) is 2.17. The van der Waals surface area contributed by atoms with E-state index in [2.05, 4.69) is 10.2 Å². The molecule has 0 saturated heterocycles. The van der Waals surface area contributed by atoms with Gasteiger partial charge in [0.25, 0.3) is 5.09 Å². The number of carbonyl (C=O) groups excluding carboxylic acids is 1. The smallest absolute Gasteiger partial charge is 0.294 e. The Morgan fingerprint density at radius 3 is 2.67 bits per heavy atom. The van der Waals surface area contributed by atoms with Gasteiger partial charge in [0.15, 0.2) is 0 Å². The zero-order valence-electron chi connectivity index (χ0n) is 10.8. The molecule has 1 amide bonds. The molecular formula is C11H21N3O4. The van der Waals surface area contributed by atoms with Crippen LogP contribution in [-0.4, -0.2) is 28.7 Å². The summed E-state index contributed by atoms with van der Waals surface area (Å²) in [7, 11) is 0. The maximum atomic E-state index is 11.7. The van der Waals surface area contributed by atoms with Crippen molar-refractivity contribution in [2.75, 3.05) is 0 Å². The number of amides is 1. The molecule has 7 nitrogen and oxygen atoms in total. The molecule has 18 heavy (non-hydrogen) atoms. The molecule has 1 fully saturated rings. The Morgan fingerprint density at radius 1 is 1.50 bits per heavy atom. The van der Waals surface area contributed by atoms with Crippen molar-refractivity contribution in [1.29, 1.82) is 0 Å². The van der Waals surface area contributed by atoms with E-state index in [-0.39, 0.29) is 18.4 Å². The number of carbonyl (C=O) groups is 1. The van der Waals surface area contributed by atoms with Crippen LogP contribution in [0.5, 0.6) is 0 Å². The zero-order valence-corrected chi connectivity index (χ0v) is 10.8. The number of hydrogen-bond acceptors (Lipinski definition) is 5. The molecule has 0 spiro atoms. The van der Waals surface area contributed by atoms with E-state index in [1.807, 2.05) is 0 Å². The summed E-state index contributed by atoms with van der Waals surface area (Å²) >= 11 is 0. The number of hydrogen-bond donors (Lipinski definition) is 2. The SMILES string of the molecule is CC(C)(N)CC(=O)N[C@@H]1CCCC[C@H]1O[N+](=O)[O-]. The second-order valence-electron chi connectivity index (χ2n) is 5.49. The summed E-state index contributed by atoms with van der Waals surface area (Å²) in [5.41, 5.74) is 5.17. The van der Waals surface area contributed by atoms with Gasteiger partial charge in [0.1, 0.15) is 6.10 Å². The van der Waals surface area contributed by atoms with Crippen molar-refractivity contribution in [2.45, 2.75) is 63.6 Å². The summed E-state index contributed by atoms with van der Waals surface area (Å²) in [6.45, 7) is 3.52. The number of nitrogens with zero attached hydrogens (tertiary/aromatic N) is 1. The van der Waals surface area contributed by atoms with Crippen LogP contribution in [0.3, 0.4) is 0 Å². The van der Waals surface area contributed by atoms with Gasteiger partial charge in [0.05, 0.1) is 6.04 Å². The van der Waals surface area contributed by atoms with Crippen molar-refractivity contribution >= 4 is 5.91 Å². The molecular weight excluding hydrogens is 238 g/mol. The summed E-state index contributed by atoms with van der Waals surface area (Å²) in [5.74, 6) is -0.189.